The topological polar surface area (TPSA) is 0 Å². The van der Waals surface area contributed by atoms with Crippen molar-refractivity contribution in [2.24, 2.45) is 16.7 Å². The van der Waals surface area contributed by atoms with Gasteiger partial charge in [-0.25, -0.2) is 0 Å². The first-order chi connectivity index (χ1) is 7.36. The molecule has 0 aromatic heterocycles. The average Bonchev–Trinajstić information content (AvgIpc) is 2.38. The molecular formula is C13H17Cl2P. The summed E-state index contributed by atoms with van der Waals surface area (Å²) in [7, 11) is 1.49. The highest BCUT2D eigenvalue weighted by Crippen LogP contribution is 2.66. The van der Waals surface area contributed by atoms with Crippen LogP contribution in [0.5, 0.6) is 0 Å². The first-order valence-corrected chi connectivity index (χ1v) is 7.74. The molecule has 3 unspecified atom stereocenters. The highest BCUT2D eigenvalue weighted by Gasteiger charge is 2.65. The molecule has 1 aliphatic heterocycles. The van der Waals surface area contributed by atoms with Gasteiger partial charge in [-0.1, -0.05) is 41.1 Å². The SMILES string of the molecule is CC(C)(C)C1=PC2C=CC3(C1)C2[C@@H](Cl)[C@H]3Cl. The summed E-state index contributed by atoms with van der Waals surface area (Å²) in [6.45, 7) is 6.93. The molecule has 0 nitrogen and oxygen atoms in total. The van der Waals surface area contributed by atoms with E-state index in [1.807, 2.05) is 0 Å². The molecule has 1 saturated carbocycles. The van der Waals surface area contributed by atoms with Crippen LogP contribution in [0, 0.1) is 16.7 Å². The first kappa shape index (κ1) is 11.6. The Bertz CT molecular complexity index is 393. The number of hydrogen-bond acceptors (Lipinski definition) is 0. The minimum atomic E-state index is 0.133. The van der Waals surface area contributed by atoms with Gasteiger partial charge in [0.1, 0.15) is 0 Å². The van der Waals surface area contributed by atoms with Gasteiger partial charge >= 0.3 is 0 Å². The molecule has 0 spiro atoms. The first-order valence-electron chi connectivity index (χ1n) is 5.91. The van der Waals surface area contributed by atoms with E-state index in [9.17, 15) is 0 Å². The minimum absolute atomic E-state index is 0.133. The Balaban J connectivity index is 2.00. The minimum Gasteiger partial charge on any atom is -0.121 e. The predicted octanol–water partition coefficient (Wildman–Crippen LogP) is 4.32. The van der Waals surface area contributed by atoms with Crippen molar-refractivity contribution in [1.29, 1.82) is 0 Å². The molecule has 3 aliphatic rings. The van der Waals surface area contributed by atoms with Crippen LogP contribution in [0.3, 0.4) is 0 Å². The van der Waals surface area contributed by atoms with Crippen LogP contribution >= 0.6 is 31.4 Å². The zero-order chi connectivity index (χ0) is 11.7. The van der Waals surface area contributed by atoms with E-state index in [-0.39, 0.29) is 16.2 Å². The van der Waals surface area contributed by atoms with Crippen molar-refractivity contribution in [3.63, 3.8) is 0 Å². The normalized spacial score (nSPS) is 50.7. The van der Waals surface area contributed by atoms with Crippen LogP contribution in [0.25, 0.3) is 0 Å². The third-order valence-electron chi connectivity index (χ3n) is 4.37. The molecule has 2 bridgehead atoms. The molecule has 0 N–H and O–H groups in total. The fourth-order valence-corrected chi connectivity index (χ4v) is 6.41. The van der Waals surface area contributed by atoms with E-state index in [0.29, 0.717) is 17.0 Å². The number of rotatable bonds is 0. The van der Waals surface area contributed by atoms with Gasteiger partial charge in [0.2, 0.25) is 0 Å². The van der Waals surface area contributed by atoms with Gasteiger partial charge in [0.25, 0.3) is 0 Å². The lowest BCUT2D eigenvalue weighted by Gasteiger charge is -2.57. The fraction of sp³-hybridized carbons (Fsp3) is 0.769. The van der Waals surface area contributed by atoms with E-state index in [1.54, 1.807) is 5.29 Å². The maximum atomic E-state index is 6.47. The van der Waals surface area contributed by atoms with Gasteiger partial charge < -0.3 is 0 Å². The molecular weight excluding hydrogens is 258 g/mol. The summed E-state index contributed by atoms with van der Waals surface area (Å²) in [5.74, 6) is 0.601. The van der Waals surface area contributed by atoms with Crippen molar-refractivity contribution in [3.8, 4) is 0 Å². The van der Waals surface area contributed by atoms with Crippen molar-refractivity contribution in [1.82, 2.24) is 0 Å². The second-order valence-corrected chi connectivity index (χ2v) is 8.71. The van der Waals surface area contributed by atoms with Gasteiger partial charge in [0, 0.05) is 17.0 Å². The van der Waals surface area contributed by atoms with Crippen LogP contribution in [0.15, 0.2) is 12.2 Å². The highest BCUT2D eigenvalue weighted by molar-refractivity contribution is 7.42. The van der Waals surface area contributed by atoms with Crippen LogP contribution in [0.2, 0.25) is 0 Å². The van der Waals surface area contributed by atoms with E-state index < -0.39 is 0 Å². The molecule has 88 valence electrons. The van der Waals surface area contributed by atoms with Crippen LogP contribution in [0.1, 0.15) is 27.2 Å². The predicted molar refractivity (Wildman–Crippen MR) is 74.1 cm³/mol. The highest BCUT2D eigenvalue weighted by atomic mass is 35.5. The number of alkyl halides is 2. The summed E-state index contributed by atoms with van der Waals surface area (Å²) in [5.41, 5.74) is 1.13. The van der Waals surface area contributed by atoms with Gasteiger partial charge in [0.05, 0.1) is 10.8 Å². The zero-order valence-corrected chi connectivity index (χ0v) is 12.3. The molecule has 5 atom stereocenters. The largest absolute Gasteiger partial charge is 0.121 e. The van der Waals surface area contributed by atoms with E-state index >= 15 is 0 Å². The Morgan fingerprint density at radius 2 is 2.06 bits per heavy atom. The lowest BCUT2D eigenvalue weighted by Crippen LogP contribution is -2.61. The Labute approximate surface area is 109 Å². The maximum Gasteiger partial charge on any atom is 0.0600 e. The number of halogens is 2. The molecule has 1 fully saturated rings. The van der Waals surface area contributed by atoms with Crippen LogP contribution in [-0.2, 0) is 0 Å². The van der Waals surface area contributed by atoms with Crippen LogP contribution in [-0.4, -0.2) is 21.7 Å². The Morgan fingerprint density at radius 3 is 2.69 bits per heavy atom. The van der Waals surface area contributed by atoms with E-state index in [2.05, 4.69) is 32.9 Å². The smallest absolute Gasteiger partial charge is 0.0600 e. The quantitative estimate of drug-likeness (QED) is 0.351. The van der Waals surface area contributed by atoms with Crippen molar-refractivity contribution >= 4 is 36.7 Å². The summed E-state index contributed by atoms with van der Waals surface area (Å²) >= 11 is 12.8. The molecule has 0 aromatic carbocycles. The maximum absolute atomic E-state index is 6.47. The summed E-state index contributed by atoms with van der Waals surface area (Å²) < 4.78 is 0. The third-order valence-corrected chi connectivity index (χ3v) is 7.63. The Kier molecular flexibility index (Phi) is 2.37. The summed E-state index contributed by atoms with van der Waals surface area (Å²) in [6.07, 6.45) is 5.88. The monoisotopic (exact) mass is 274 g/mol. The van der Waals surface area contributed by atoms with Crippen LogP contribution in [0.4, 0.5) is 0 Å². The van der Waals surface area contributed by atoms with E-state index in [0.717, 1.165) is 6.42 Å². The van der Waals surface area contributed by atoms with E-state index in [4.69, 9.17) is 23.2 Å². The number of allylic oxidation sites excluding steroid dienone is 2. The Hall–Kier alpha value is 0.490. The summed E-state index contributed by atoms with van der Waals surface area (Å²) in [4.78, 5) is 0. The molecule has 0 aromatic rings. The fourth-order valence-electron chi connectivity index (χ4n) is 3.32. The van der Waals surface area contributed by atoms with E-state index in [1.165, 1.54) is 8.20 Å². The molecule has 0 radical (unpaired) electrons. The molecule has 0 saturated heterocycles. The zero-order valence-electron chi connectivity index (χ0n) is 9.87. The summed E-state index contributed by atoms with van der Waals surface area (Å²) in [5, 5.41) is 1.96. The lowest BCUT2D eigenvalue weighted by atomic mass is 9.57. The van der Waals surface area contributed by atoms with Gasteiger partial charge in [-0.3, -0.25) is 0 Å². The molecule has 16 heavy (non-hydrogen) atoms. The number of hydrogen-bond donors (Lipinski definition) is 0. The lowest BCUT2D eigenvalue weighted by molar-refractivity contribution is 0.126. The van der Waals surface area contributed by atoms with Crippen molar-refractivity contribution in [2.75, 3.05) is 0 Å². The van der Waals surface area contributed by atoms with Gasteiger partial charge in [-0.05, 0) is 17.1 Å². The standard InChI is InChI=1S/C13H17Cl2P/c1-12(2,3)8-6-13-5-4-7(16-8)9(13)10(14)11(13)15/h4-5,7,9-11H,6H2,1-3H3/t7?,9?,10-,11-,13?/m1/s1. The summed E-state index contributed by atoms with van der Waals surface area (Å²) in [6, 6.07) is 0. The molecule has 3 heteroatoms. The van der Waals surface area contributed by atoms with Gasteiger partial charge in [-0.2, -0.15) is 0 Å². The van der Waals surface area contributed by atoms with Crippen LogP contribution < -0.4 is 0 Å². The molecule has 3 rings (SSSR count). The second kappa shape index (κ2) is 3.28. The molecule has 1 heterocycles. The van der Waals surface area contributed by atoms with Gasteiger partial charge in [-0.15, -0.1) is 23.2 Å². The van der Waals surface area contributed by atoms with Crippen molar-refractivity contribution in [2.45, 2.75) is 43.6 Å². The molecule has 2 aliphatic carbocycles. The van der Waals surface area contributed by atoms with Crippen molar-refractivity contribution < 1.29 is 0 Å². The van der Waals surface area contributed by atoms with Crippen molar-refractivity contribution in [3.05, 3.63) is 12.2 Å². The average molecular weight is 275 g/mol. The Morgan fingerprint density at radius 1 is 1.38 bits per heavy atom. The van der Waals surface area contributed by atoms with Gasteiger partial charge in [0.15, 0.2) is 0 Å². The third kappa shape index (κ3) is 1.27. The molecule has 0 amide bonds. The second-order valence-electron chi connectivity index (χ2n) is 6.34.